The third kappa shape index (κ3) is 6.41. The summed E-state index contributed by atoms with van der Waals surface area (Å²) in [5, 5.41) is 14.6. The minimum absolute atomic E-state index is 0.179. The lowest BCUT2D eigenvalue weighted by molar-refractivity contribution is -0.137. The second-order valence-corrected chi connectivity index (χ2v) is 6.91. The summed E-state index contributed by atoms with van der Waals surface area (Å²) in [4.78, 5) is 36.7. The molecule has 154 valence electrons. The lowest BCUT2D eigenvalue weighted by atomic mass is 9.96. The van der Waals surface area contributed by atoms with Crippen molar-refractivity contribution in [3.8, 4) is 0 Å². The highest BCUT2D eigenvalue weighted by atomic mass is 19.1. The van der Waals surface area contributed by atoms with Crippen LogP contribution in [0.15, 0.2) is 54.6 Å². The molecule has 0 spiro atoms. The van der Waals surface area contributed by atoms with Gasteiger partial charge in [0.25, 0.3) is 5.91 Å². The minimum Gasteiger partial charge on any atom is -0.481 e. The first-order valence-electron chi connectivity index (χ1n) is 9.45. The maximum atomic E-state index is 13.2. The zero-order chi connectivity index (χ0) is 21.4. The molecule has 3 N–H and O–H groups in total. The van der Waals surface area contributed by atoms with E-state index in [0.29, 0.717) is 17.5 Å². The van der Waals surface area contributed by atoms with Gasteiger partial charge in [0.05, 0.1) is 12.5 Å². The van der Waals surface area contributed by atoms with Crippen LogP contribution in [0.2, 0.25) is 0 Å². The van der Waals surface area contributed by atoms with E-state index in [2.05, 4.69) is 10.6 Å². The van der Waals surface area contributed by atoms with Gasteiger partial charge in [0, 0.05) is 5.56 Å². The van der Waals surface area contributed by atoms with Gasteiger partial charge in [-0.05, 0) is 35.7 Å². The van der Waals surface area contributed by atoms with Gasteiger partial charge >= 0.3 is 5.97 Å². The van der Waals surface area contributed by atoms with Crippen molar-refractivity contribution in [1.29, 1.82) is 0 Å². The Morgan fingerprint density at radius 1 is 1.00 bits per heavy atom. The van der Waals surface area contributed by atoms with Gasteiger partial charge in [-0.2, -0.15) is 0 Å². The molecule has 0 aliphatic carbocycles. The summed E-state index contributed by atoms with van der Waals surface area (Å²) in [6, 6.07) is 12.1. The number of nitrogens with one attached hydrogen (secondary N) is 2. The van der Waals surface area contributed by atoms with Crippen molar-refractivity contribution in [1.82, 2.24) is 10.6 Å². The average Bonchev–Trinajstić information content (AvgIpc) is 2.71. The molecular weight excluding hydrogens is 375 g/mol. The van der Waals surface area contributed by atoms with Gasteiger partial charge < -0.3 is 15.7 Å². The maximum absolute atomic E-state index is 13.2. The highest BCUT2D eigenvalue weighted by Crippen LogP contribution is 2.19. The molecule has 0 saturated heterocycles. The van der Waals surface area contributed by atoms with Crippen molar-refractivity contribution >= 4 is 17.8 Å². The SMILES string of the molecule is CC[C@H](C)[C@H](NC(=O)c1ccccc1)C(=O)N[C@H](CC(=O)O)c1ccc(F)cc1. The third-order valence-electron chi connectivity index (χ3n) is 4.79. The van der Waals surface area contributed by atoms with Crippen LogP contribution in [0.4, 0.5) is 4.39 Å². The molecule has 3 atom stereocenters. The van der Waals surface area contributed by atoms with Crippen molar-refractivity contribution in [2.24, 2.45) is 5.92 Å². The van der Waals surface area contributed by atoms with E-state index in [9.17, 15) is 23.9 Å². The number of carbonyl (C=O) groups excluding carboxylic acids is 2. The summed E-state index contributed by atoms with van der Waals surface area (Å²) in [5.74, 6) is -2.61. The van der Waals surface area contributed by atoms with Gasteiger partial charge in [-0.15, -0.1) is 0 Å². The van der Waals surface area contributed by atoms with Crippen molar-refractivity contribution in [2.45, 2.75) is 38.8 Å². The van der Waals surface area contributed by atoms with Crippen molar-refractivity contribution in [3.63, 3.8) is 0 Å². The number of hydrogen-bond donors (Lipinski definition) is 3. The van der Waals surface area contributed by atoms with Crippen molar-refractivity contribution in [2.75, 3.05) is 0 Å². The highest BCUT2D eigenvalue weighted by molar-refractivity contribution is 5.97. The molecule has 0 radical (unpaired) electrons. The standard InChI is InChI=1S/C22H25FN2O4/c1-3-14(2)20(25-21(28)16-7-5-4-6-8-16)22(29)24-18(13-19(26)27)15-9-11-17(23)12-10-15/h4-12,14,18,20H,3,13H2,1-2H3,(H,24,29)(H,25,28)(H,26,27)/t14-,18+,20-/m0/s1. The monoisotopic (exact) mass is 400 g/mol. The Balaban J connectivity index is 2.20. The molecule has 2 amide bonds. The minimum atomic E-state index is -1.10. The zero-order valence-electron chi connectivity index (χ0n) is 16.4. The predicted octanol–water partition coefficient (Wildman–Crippen LogP) is 3.30. The number of aliphatic carboxylic acids is 1. The first kappa shape index (κ1) is 22.1. The second kappa shape index (κ2) is 10.4. The summed E-state index contributed by atoms with van der Waals surface area (Å²) in [6.45, 7) is 3.73. The molecule has 0 aromatic heterocycles. The smallest absolute Gasteiger partial charge is 0.305 e. The van der Waals surface area contributed by atoms with E-state index in [1.807, 2.05) is 13.8 Å². The first-order valence-corrected chi connectivity index (χ1v) is 9.45. The summed E-state index contributed by atoms with van der Waals surface area (Å²) in [7, 11) is 0. The van der Waals surface area contributed by atoms with Gasteiger partial charge in [0.15, 0.2) is 0 Å². The van der Waals surface area contributed by atoms with E-state index < -0.39 is 29.8 Å². The Bertz CT molecular complexity index is 840. The van der Waals surface area contributed by atoms with Gasteiger partial charge in [0.2, 0.25) is 5.91 Å². The number of carbonyl (C=O) groups is 3. The molecule has 0 fully saturated rings. The number of benzene rings is 2. The molecule has 2 aromatic rings. The fraction of sp³-hybridized carbons (Fsp3) is 0.318. The zero-order valence-corrected chi connectivity index (χ0v) is 16.4. The number of carboxylic acids is 1. The van der Waals surface area contributed by atoms with Crippen molar-refractivity contribution in [3.05, 3.63) is 71.5 Å². The third-order valence-corrected chi connectivity index (χ3v) is 4.79. The molecule has 6 nitrogen and oxygen atoms in total. The van der Waals surface area contributed by atoms with Crippen LogP contribution >= 0.6 is 0 Å². The Kier molecular flexibility index (Phi) is 7.88. The van der Waals surface area contributed by atoms with E-state index in [4.69, 9.17) is 0 Å². The molecular formula is C22H25FN2O4. The van der Waals surface area contributed by atoms with E-state index in [0.717, 1.165) is 0 Å². The molecule has 0 aliphatic rings. The van der Waals surface area contributed by atoms with Gasteiger partial charge in [-0.25, -0.2) is 4.39 Å². The van der Waals surface area contributed by atoms with Crippen LogP contribution in [0.3, 0.4) is 0 Å². The van der Waals surface area contributed by atoms with Crippen molar-refractivity contribution < 1.29 is 23.9 Å². The number of hydrogen-bond acceptors (Lipinski definition) is 3. The largest absolute Gasteiger partial charge is 0.481 e. The van der Waals surface area contributed by atoms with Crippen LogP contribution in [-0.2, 0) is 9.59 Å². The van der Waals surface area contributed by atoms with Crippen LogP contribution in [0.25, 0.3) is 0 Å². The molecule has 0 aliphatic heterocycles. The van der Waals surface area contributed by atoms with Crippen LogP contribution in [0.5, 0.6) is 0 Å². The van der Waals surface area contributed by atoms with Crippen LogP contribution in [0.1, 0.15) is 48.7 Å². The lowest BCUT2D eigenvalue weighted by Gasteiger charge is -2.26. The Morgan fingerprint density at radius 3 is 2.17 bits per heavy atom. The fourth-order valence-electron chi connectivity index (χ4n) is 2.90. The van der Waals surface area contributed by atoms with E-state index in [1.165, 1.54) is 24.3 Å². The molecule has 7 heteroatoms. The average molecular weight is 400 g/mol. The van der Waals surface area contributed by atoms with Gasteiger partial charge in [-0.3, -0.25) is 14.4 Å². The summed E-state index contributed by atoms with van der Waals surface area (Å²) in [5.41, 5.74) is 0.897. The quantitative estimate of drug-likeness (QED) is 0.602. The molecule has 0 saturated carbocycles. The summed E-state index contributed by atoms with van der Waals surface area (Å²) < 4.78 is 13.2. The molecule has 2 rings (SSSR count). The van der Waals surface area contributed by atoms with E-state index in [1.54, 1.807) is 30.3 Å². The normalized spacial score (nSPS) is 13.8. The Morgan fingerprint density at radius 2 is 1.62 bits per heavy atom. The Labute approximate surface area is 169 Å². The Hall–Kier alpha value is -3.22. The van der Waals surface area contributed by atoms with Crippen LogP contribution < -0.4 is 10.6 Å². The lowest BCUT2D eigenvalue weighted by Crippen LogP contribution is -2.51. The van der Waals surface area contributed by atoms with Gasteiger partial charge in [-0.1, -0.05) is 50.6 Å². The van der Waals surface area contributed by atoms with E-state index in [-0.39, 0.29) is 18.2 Å². The molecule has 0 bridgehead atoms. The maximum Gasteiger partial charge on any atom is 0.305 e. The number of amides is 2. The molecule has 2 aromatic carbocycles. The molecule has 29 heavy (non-hydrogen) atoms. The first-order chi connectivity index (χ1) is 13.8. The number of carboxylic acid groups (broad SMARTS) is 1. The molecule has 0 unspecified atom stereocenters. The van der Waals surface area contributed by atoms with Gasteiger partial charge in [0.1, 0.15) is 11.9 Å². The van der Waals surface area contributed by atoms with Crippen LogP contribution in [-0.4, -0.2) is 28.9 Å². The van der Waals surface area contributed by atoms with E-state index >= 15 is 0 Å². The number of halogens is 1. The fourth-order valence-corrected chi connectivity index (χ4v) is 2.90. The second-order valence-electron chi connectivity index (χ2n) is 6.91. The number of rotatable bonds is 9. The highest BCUT2D eigenvalue weighted by Gasteiger charge is 2.29. The predicted molar refractivity (Wildman–Crippen MR) is 107 cm³/mol. The molecule has 0 heterocycles. The summed E-state index contributed by atoms with van der Waals surface area (Å²) >= 11 is 0. The summed E-state index contributed by atoms with van der Waals surface area (Å²) in [6.07, 6.45) is 0.268. The van der Waals surface area contributed by atoms with Crippen LogP contribution in [0, 0.1) is 11.7 Å². The topological polar surface area (TPSA) is 95.5 Å².